The van der Waals surface area contributed by atoms with E-state index in [9.17, 15) is 9.59 Å². The highest BCUT2D eigenvalue weighted by atomic mass is 35.5. The van der Waals surface area contributed by atoms with Gasteiger partial charge < -0.3 is 20.1 Å². The van der Waals surface area contributed by atoms with Crippen molar-refractivity contribution in [2.75, 3.05) is 32.2 Å². The topological polar surface area (TPSA) is 76.7 Å². The Morgan fingerprint density at radius 1 is 1.17 bits per heavy atom. The summed E-state index contributed by atoms with van der Waals surface area (Å²) in [4.78, 5) is 26.4. The molecule has 0 spiro atoms. The van der Waals surface area contributed by atoms with Crippen molar-refractivity contribution < 1.29 is 19.1 Å². The molecule has 0 saturated heterocycles. The molecule has 0 fully saturated rings. The summed E-state index contributed by atoms with van der Waals surface area (Å²) in [6, 6.07) is 6.82. The van der Waals surface area contributed by atoms with E-state index in [0.717, 1.165) is 37.7 Å². The molecule has 0 atom stereocenters. The summed E-state index contributed by atoms with van der Waals surface area (Å²) in [6.07, 6.45) is 4.71. The van der Waals surface area contributed by atoms with Crippen LogP contribution in [-0.2, 0) is 22.4 Å². The number of aryl methyl sites for hydroxylation is 1. The first-order valence-electron chi connectivity index (χ1n) is 9.68. The number of rotatable bonds is 9. The average molecular weight is 437 g/mol. The van der Waals surface area contributed by atoms with Gasteiger partial charge in [-0.05, 0) is 61.9 Å². The number of benzene rings is 1. The van der Waals surface area contributed by atoms with Gasteiger partial charge >= 0.3 is 0 Å². The highest BCUT2D eigenvalue weighted by molar-refractivity contribution is 7.17. The standard InChI is InChI=1S/C21H25ClN2O4S/c1-27-12-4-11-23-20(26)19-16-5-2-3-6-17(16)29-21(19)24-18(25)13-28-15-9-7-14(22)8-10-15/h7-10H,2-6,11-13H2,1H3,(H,23,26)(H,24,25). The summed E-state index contributed by atoms with van der Waals surface area (Å²) in [7, 11) is 1.64. The fourth-order valence-electron chi connectivity index (χ4n) is 3.24. The fraction of sp³-hybridized carbons (Fsp3) is 0.429. The Morgan fingerprint density at radius 3 is 2.69 bits per heavy atom. The van der Waals surface area contributed by atoms with Crippen LogP contribution in [0.3, 0.4) is 0 Å². The van der Waals surface area contributed by atoms with E-state index in [4.69, 9.17) is 21.1 Å². The number of carbonyl (C=O) groups is 2. The molecule has 0 aliphatic heterocycles. The molecule has 0 bridgehead atoms. The number of nitrogens with one attached hydrogen (secondary N) is 2. The van der Waals surface area contributed by atoms with Crippen molar-refractivity contribution in [1.29, 1.82) is 0 Å². The van der Waals surface area contributed by atoms with Crippen LogP contribution in [-0.4, -0.2) is 38.7 Å². The minimum Gasteiger partial charge on any atom is -0.484 e. The highest BCUT2D eigenvalue weighted by Gasteiger charge is 2.26. The SMILES string of the molecule is COCCCNC(=O)c1c(NC(=O)COc2ccc(Cl)cc2)sc2c1CCCC2. The fourth-order valence-corrected chi connectivity index (χ4v) is 4.67. The summed E-state index contributed by atoms with van der Waals surface area (Å²) >= 11 is 7.35. The Hall–Kier alpha value is -2.09. The van der Waals surface area contributed by atoms with Gasteiger partial charge in [0.05, 0.1) is 5.56 Å². The molecule has 2 N–H and O–H groups in total. The van der Waals surface area contributed by atoms with Gasteiger partial charge in [0.25, 0.3) is 11.8 Å². The van der Waals surface area contributed by atoms with Crippen LogP contribution in [0.4, 0.5) is 5.00 Å². The van der Waals surface area contributed by atoms with E-state index in [1.165, 1.54) is 16.2 Å². The van der Waals surface area contributed by atoms with Gasteiger partial charge in [-0.3, -0.25) is 9.59 Å². The number of carbonyl (C=O) groups excluding carboxylic acids is 2. The van der Waals surface area contributed by atoms with Gasteiger partial charge in [-0.1, -0.05) is 11.6 Å². The molecule has 1 aliphatic rings. The summed E-state index contributed by atoms with van der Waals surface area (Å²) < 4.78 is 10.5. The minimum absolute atomic E-state index is 0.140. The zero-order chi connectivity index (χ0) is 20.6. The molecule has 2 amide bonds. The highest BCUT2D eigenvalue weighted by Crippen LogP contribution is 2.38. The monoisotopic (exact) mass is 436 g/mol. The maximum Gasteiger partial charge on any atom is 0.262 e. The van der Waals surface area contributed by atoms with Crippen LogP contribution in [0.5, 0.6) is 5.75 Å². The molecule has 2 aromatic rings. The van der Waals surface area contributed by atoms with Crippen molar-refractivity contribution in [3.63, 3.8) is 0 Å². The van der Waals surface area contributed by atoms with Gasteiger partial charge in [0.1, 0.15) is 10.8 Å². The number of hydrogen-bond acceptors (Lipinski definition) is 5. The first-order chi connectivity index (χ1) is 14.1. The number of fused-ring (bicyclic) bond motifs is 1. The number of anilines is 1. The Balaban J connectivity index is 1.67. The third kappa shape index (κ3) is 5.95. The van der Waals surface area contributed by atoms with Gasteiger partial charge in [-0.2, -0.15) is 0 Å². The molecule has 0 unspecified atom stereocenters. The number of halogens is 1. The van der Waals surface area contributed by atoms with Gasteiger partial charge in [0.15, 0.2) is 6.61 Å². The largest absolute Gasteiger partial charge is 0.484 e. The lowest BCUT2D eigenvalue weighted by molar-refractivity contribution is -0.118. The molecular formula is C21H25ClN2O4S. The Bertz CT molecular complexity index is 851. The lowest BCUT2D eigenvalue weighted by Crippen LogP contribution is -2.28. The first-order valence-corrected chi connectivity index (χ1v) is 10.9. The van der Waals surface area contributed by atoms with Gasteiger partial charge in [-0.15, -0.1) is 11.3 Å². The van der Waals surface area contributed by atoms with E-state index in [1.54, 1.807) is 31.4 Å². The van der Waals surface area contributed by atoms with Crippen LogP contribution < -0.4 is 15.4 Å². The molecule has 29 heavy (non-hydrogen) atoms. The van der Waals surface area contributed by atoms with Crippen molar-refractivity contribution in [2.45, 2.75) is 32.1 Å². The predicted molar refractivity (Wildman–Crippen MR) is 115 cm³/mol. The molecule has 1 aromatic carbocycles. The van der Waals surface area contributed by atoms with Gasteiger partial charge in [0, 0.05) is 30.2 Å². The molecular weight excluding hydrogens is 412 g/mol. The predicted octanol–water partition coefficient (Wildman–Crippen LogP) is 4.06. The van der Waals surface area contributed by atoms with Crippen LogP contribution in [0.15, 0.2) is 24.3 Å². The third-order valence-corrected chi connectivity index (χ3v) is 6.10. The zero-order valence-electron chi connectivity index (χ0n) is 16.4. The van der Waals surface area contributed by atoms with E-state index in [-0.39, 0.29) is 18.4 Å². The first kappa shape index (κ1) is 21.6. The third-order valence-electron chi connectivity index (χ3n) is 4.65. The number of amides is 2. The lowest BCUT2D eigenvalue weighted by Gasteiger charge is -2.13. The molecule has 156 valence electrons. The van der Waals surface area contributed by atoms with Crippen LogP contribution in [0.2, 0.25) is 5.02 Å². The number of ether oxygens (including phenoxy) is 2. The maximum absolute atomic E-state index is 12.8. The van der Waals surface area contributed by atoms with Crippen LogP contribution >= 0.6 is 22.9 Å². The number of hydrogen-bond donors (Lipinski definition) is 2. The lowest BCUT2D eigenvalue weighted by atomic mass is 9.95. The van der Waals surface area contributed by atoms with E-state index in [0.29, 0.717) is 34.5 Å². The Kier molecular flexibility index (Phi) is 7.91. The molecule has 0 saturated carbocycles. The molecule has 1 heterocycles. The van der Waals surface area contributed by atoms with Gasteiger partial charge in [0.2, 0.25) is 0 Å². The quantitative estimate of drug-likeness (QED) is 0.581. The molecule has 3 rings (SSSR count). The average Bonchev–Trinajstić information content (AvgIpc) is 3.08. The van der Waals surface area contributed by atoms with Gasteiger partial charge in [-0.25, -0.2) is 0 Å². The van der Waals surface area contributed by atoms with Crippen LogP contribution in [0, 0.1) is 0 Å². The summed E-state index contributed by atoms with van der Waals surface area (Å²) in [5.41, 5.74) is 1.67. The molecule has 1 aromatic heterocycles. The number of thiophene rings is 1. The van der Waals surface area contributed by atoms with E-state index in [2.05, 4.69) is 10.6 Å². The Morgan fingerprint density at radius 2 is 1.93 bits per heavy atom. The van der Waals surface area contributed by atoms with Crippen molar-refractivity contribution in [3.05, 3.63) is 45.3 Å². The normalized spacial score (nSPS) is 12.9. The molecule has 6 nitrogen and oxygen atoms in total. The van der Waals surface area contributed by atoms with Crippen molar-refractivity contribution in [1.82, 2.24) is 5.32 Å². The maximum atomic E-state index is 12.8. The summed E-state index contributed by atoms with van der Waals surface area (Å²) in [6.45, 7) is 0.983. The van der Waals surface area contributed by atoms with Crippen molar-refractivity contribution in [3.8, 4) is 5.75 Å². The summed E-state index contributed by atoms with van der Waals surface area (Å²) in [5, 5.41) is 7.02. The zero-order valence-corrected chi connectivity index (χ0v) is 18.0. The molecule has 8 heteroatoms. The summed E-state index contributed by atoms with van der Waals surface area (Å²) in [5.74, 6) is 0.118. The van der Waals surface area contributed by atoms with Crippen LogP contribution in [0.1, 0.15) is 40.1 Å². The van der Waals surface area contributed by atoms with E-state index < -0.39 is 0 Å². The number of methoxy groups -OCH3 is 1. The second-order valence-electron chi connectivity index (χ2n) is 6.81. The van der Waals surface area contributed by atoms with Crippen molar-refractivity contribution in [2.24, 2.45) is 0 Å². The smallest absolute Gasteiger partial charge is 0.262 e. The van der Waals surface area contributed by atoms with Crippen LogP contribution in [0.25, 0.3) is 0 Å². The van der Waals surface area contributed by atoms with E-state index in [1.807, 2.05) is 0 Å². The van der Waals surface area contributed by atoms with E-state index >= 15 is 0 Å². The Labute approximate surface area is 179 Å². The minimum atomic E-state index is -0.299. The second kappa shape index (κ2) is 10.6. The second-order valence-corrected chi connectivity index (χ2v) is 8.35. The molecule has 0 radical (unpaired) electrons. The molecule has 1 aliphatic carbocycles. The van der Waals surface area contributed by atoms with Crippen molar-refractivity contribution >= 4 is 39.8 Å².